The number of ether oxygens (including phenoxy) is 2. The minimum atomic E-state index is -0.238. The highest BCUT2D eigenvalue weighted by atomic mass is 32.1. The number of aryl methyl sites for hydroxylation is 2. The molecule has 1 amide bonds. The lowest BCUT2D eigenvalue weighted by atomic mass is 10.1. The highest BCUT2D eigenvalue weighted by Gasteiger charge is 2.26. The van der Waals surface area contributed by atoms with Gasteiger partial charge in [-0.05, 0) is 43.2 Å². The number of carbonyl (C=O) groups excluding carboxylic acids is 1. The fourth-order valence-electron chi connectivity index (χ4n) is 3.48. The Morgan fingerprint density at radius 3 is 2.87 bits per heavy atom. The second-order valence-electron chi connectivity index (χ2n) is 7.40. The number of benzene rings is 1. The summed E-state index contributed by atoms with van der Waals surface area (Å²) in [5.74, 6) is 1.68. The highest BCUT2D eigenvalue weighted by molar-refractivity contribution is 7.15. The van der Waals surface area contributed by atoms with Crippen molar-refractivity contribution in [2.24, 2.45) is 0 Å². The van der Waals surface area contributed by atoms with Crippen molar-refractivity contribution in [2.45, 2.75) is 25.9 Å². The zero-order valence-corrected chi connectivity index (χ0v) is 18.5. The van der Waals surface area contributed by atoms with Gasteiger partial charge in [-0.1, -0.05) is 18.2 Å². The largest absolute Gasteiger partial charge is 0.497 e. The number of amides is 1. The van der Waals surface area contributed by atoms with Crippen LogP contribution in [0.5, 0.6) is 5.75 Å². The van der Waals surface area contributed by atoms with Gasteiger partial charge in [-0.3, -0.25) is 4.79 Å². The molecule has 0 radical (unpaired) electrons. The molecule has 31 heavy (non-hydrogen) atoms. The van der Waals surface area contributed by atoms with E-state index in [0.29, 0.717) is 32.5 Å². The summed E-state index contributed by atoms with van der Waals surface area (Å²) in [5.41, 5.74) is 1.93. The van der Waals surface area contributed by atoms with Crippen LogP contribution >= 0.6 is 11.3 Å². The SMILES string of the molecule is COc1ccc(CCC(=O)N2CCOC(c3cccc(Nc4ncc(C)s4)n3)C2)cc1. The quantitative estimate of drug-likeness (QED) is 0.598. The summed E-state index contributed by atoms with van der Waals surface area (Å²) < 4.78 is 11.1. The van der Waals surface area contributed by atoms with E-state index >= 15 is 0 Å². The fraction of sp³-hybridized carbons (Fsp3) is 0.348. The lowest BCUT2D eigenvalue weighted by molar-refractivity contribution is -0.139. The predicted molar refractivity (Wildman–Crippen MR) is 121 cm³/mol. The third kappa shape index (κ3) is 5.59. The first-order valence-corrected chi connectivity index (χ1v) is 11.1. The van der Waals surface area contributed by atoms with Crippen LogP contribution in [0.3, 0.4) is 0 Å². The first-order chi connectivity index (χ1) is 15.1. The average Bonchev–Trinajstić information content (AvgIpc) is 3.22. The Labute approximate surface area is 186 Å². The van der Waals surface area contributed by atoms with Crippen molar-refractivity contribution in [3.63, 3.8) is 0 Å². The molecule has 1 fully saturated rings. The Morgan fingerprint density at radius 2 is 2.13 bits per heavy atom. The number of pyridine rings is 1. The summed E-state index contributed by atoms with van der Waals surface area (Å²) >= 11 is 1.58. The molecule has 0 spiro atoms. The molecular weight excluding hydrogens is 412 g/mol. The molecule has 1 atom stereocenters. The summed E-state index contributed by atoms with van der Waals surface area (Å²) in [5, 5.41) is 4.04. The monoisotopic (exact) mass is 438 g/mol. The summed E-state index contributed by atoms with van der Waals surface area (Å²) in [7, 11) is 1.65. The number of nitrogens with zero attached hydrogens (tertiary/aromatic N) is 3. The van der Waals surface area contributed by atoms with Crippen LogP contribution in [0.4, 0.5) is 10.9 Å². The number of methoxy groups -OCH3 is 1. The van der Waals surface area contributed by atoms with E-state index in [2.05, 4.69) is 15.3 Å². The predicted octanol–water partition coefficient (Wildman–Crippen LogP) is 4.13. The van der Waals surface area contributed by atoms with Crippen molar-refractivity contribution >= 4 is 28.2 Å². The van der Waals surface area contributed by atoms with Gasteiger partial charge in [0.15, 0.2) is 5.13 Å². The van der Waals surface area contributed by atoms with Crippen LogP contribution in [0.25, 0.3) is 0 Å². The maximum Gasteiger partial charge on any atom is 0.223 e. The third-order valence-corrected chi connectivity index (χ3v) is 5.99. The fourth-order valence-corrected chi connectivity index (χ4v) is 4.15. The molecular formula is C23H26N4O3S. The van der Waals surface area contributed by atoms with E-state index in [9.17, 15) is 4.79 Å². The van der Waals surface area contributed by atoms with Gasteiger partial charge in [-0.15, -0.1) is 11.3 Å². The van der Waals surface area contributed by atoms with Crippen LogP contribution in [0.2, 0.25) is 0 Å². The Morgan fingerprint density at radius 1 is 1.29 bits per heavy atom. The van der Waals surface area contributed by atoms with Crippen LogP contribution < -0.4 is 10.1 Å². The number of rotatable bonds is 7. The summed E-state index contributed by atoms with van der Waals surface area (Å²) in [6.07, 6.45) is 2.77. The second kappa shape index (κ2) is 9.89. The molecule has 1 unspecified atom stereocenters. The van der Waals surface area contributed by atoms with Crippen LogP contribution in [-0.4, -0.2) is 47.6 Å². The van der Waals surface area contributed by atoms with Crippen molar-refractivity contribution < 1.29 is 14.3 Å². The van der Waals surface area contributed by atoms with E-state index in [1.54, 1.807) is 18.4 Å². The minimum Gasteiger partial charge on any atom is -0.497 e. The molecule has 7 nitrogen and oxygen atoms in total. The van der Waals surface area contributed by atoms with Crippen molar-refractivity contribution in [2.75, 3.05) is 32.1 Å². The van der Waals surface area contributed by atoms with E-state index < -0.39 is 0 Å². The molecule has 2 aromatic heterocycles. The maximum atomic E-state index is 12.8. The maximum absolute atomic E-state index is 12.8. The molecule has 3 heterocycles. The van der Waals surface area contributed by atoms with Crippen LogP contribution in [-0.2, 0) is 16.0 Å². The van der Waals surface area contributed by atoms with Gasteiger partial charge < -0.3 is 19.7 Å². The van der Waals surface area contributed by atoms with Crippen molar-refractivity contribution in [3.8, 4) is 5.75 Å². The molecule has 1 N–H and O–H groups in total. The number of hydrogen-bond acceptors (Lipinski definition) is 7. The highest BCUT2D eigenvalue weighted by Crippen LogP contribution is 2.25. The molecule has 3 aromatic rings. The van der Waals surface area contributed by atoms with Gasteiger partial charge in [-0.2, -0.15) is 0 Å². The van der Waals surface area contributed by atoms with Gasteiger partial charge in [-0.25, -0.2) is 9.97 Å². The van der Waals surface area contributed by atoms with Gasteiger partial charge in [0, 0.05) is 24.0 Å². The molecule has 0 bridgehead atoms. The van der Waals surface area contributed by atoms with E-state index in [4.69, 9.17) is 9.47 Å². The molecule has 162 valence electrons. The lowest BCUT2D eigenvalue weighted by Crippen LogP contribution is -2.42. The second-order valence-corrected chi connectivity index (χ2v) is 8.63. The Balaban J connectivity index is 1.35. The van der Waals surface area contributed by atoms with Gasteiger partial charge in [0.25, 0.3) is 0 Å². The third-order valence-electron chi connectivity index (χ3n) is 5.16. The van der Waals surface area contributed by atoms with E-state index in [0.717, 1.165) is 32.8 Å². The summed E-state index contributed by atoms with van der Waals surface area (Å²) in [4.78, 5) is 24.8. The van der Waals surface area contributed by atoms with Crippen molar-refractivity contribution in [3.05, 3.63) is 64.8 Å². The Kier molecular flexibility index (Phi) is 6.79. The zero-order valence-electron chi connectivity index (χ0n) is 17.7. The average molecular weight is 439 g/mol. The van der Waals surface area contributed by atoms with Crippen LogP contribution in [0.1, 0.15) is 28.7 Å². The molecule has 4 rings (SSSR count). The first-order valence-electron chi connectivity index (χ1n) is 10.3. The summed E-state index contributed by atoms with van der Waals surface area (Å²) in [6.45, 7) is 3.63. The zero-order chi connectivity index (χ0) is 21.6. The Hall–Kier alpha value is -2.97. The van der Waals surface area contributed by atoms with Gasteiger partial charge >= 0.3 is 0 Å². The number of morpholine rings is 1. The van der Waals surface area contributed by atoms with Crippen molar-refractivity contribution in [1.82, 2.24) is 14.9 Å². The normalized spacial score (nSPS) is 16.2. The van der Waals surface area contributed by atoms with Gasteiger partial charge in [0.05, 0.1) is 26.0 Å². The molecule has 1 aromatic carbocycles. The number of nitrogens with one attached hydrogen (secondary N) is 1. The molecule has 1 saturated heterocycles. The smallest absolute Gasteiger partial charge is 0.223 e. The molecule has 1 aliphatic rings. The van der Waals surface area contributed by atoms with Crippen molar-refractivity contribution in [1.29, 1.82) is 0 Å². The van der Waals surface area contributed by atoms with E-state index in [-0.39, 0.29) is 12.0 Å². The first kappa shape index (κ1) is 21.3. The Bertz CT molecular complexity index is 1020. The van der Waals surface area contributed by atoms with Gasteiger partial charge in [0.2, 0.25) is 5.91 Å². The van der Waals surface area contributed by atoms with Crippen LogP contribution in [0.15, 0.2) is 48.7 Å². The number of hydrogen-bond donors (Lipinski definition) is 1. The molecule has 8 heteroatoms. The standard InChI is InChI=1S/C23H26N4O3S/c1-16-14-24-23(31-16)26-21-5-3-4-19(25-21)20-15-27(12-13-30-20)22(28)11-8-17-6-9-18(29-2)10-7-17/h3-7,9-10,14,20H,8,11-13,15H2,1-2H3,(H,24,25,26). The summed E-state index contributed by atoms with van der Waals surface area (Å²) in [6, 6.07) is 13.6. The van der Waals surface area contributed by atoms with E-state index in [1.807, 2.05) is 60.5 Å². The molecule has 0 aliphatic carbocycles. The lowest BCUT2D eigenvalue weighted by Gasteiger charge is -2.33. The topological polar surface area (TPSA) is 76.6 Å². The number of carbonyl (C=O) groups is 1. The molecule has 0 saturated carbocycles. The van der Waals surface area contributed by atoms with Crippen LogP contribution in [0, 0.1) is 6.92 Å². The number of aromatic nitrogens is 2. The van der Waals surface area contributed by atoms with Gasteiger partial charge in [0.1, 0.15) is 17.7 Å². The van der Waals surface area contributed by atoms with E-state index in [1.165, 1.54) is 0 Å². The number of anilines is 2. The minimum absolute atomic E-state index is 0.136. The number of thiazole rings is 1. The molecule has 1 aliphatic heterocycles.